The zero-order valence-electron chi connectivity index (χ0n) is 11.8. The number of carbonyl (C=O) groups is 1. The monoisotopic (exact) mass is 276 g/mol. The van der Waals surface area contributed by atoms with E-state index in [2.05, 4.69) is 4.89 Å². The summed E-state index contributed by atoms with van der Waals surface area (Å²) in [7, 11) is 3.89. The minimum absolute atomic E-state index is 0.0541. The first kappa shape index (κ1) is 16.1. The Balaban J connectivity index is 3.49. The lowest BCUT2D eigenvalue weighted by Crippen LogP contribution is -2.44. The van der Waals surface area contributed by atoms with Gasteiger partial charge in [0.1, 0.15) is 5.57 Å². The number of rotatable bonds is 6. The molecule has 7 nitrogen and oxygen atoms in total. The molecule has 0 amide bonds. The maximum absolute atomic E-state index is 12.0. The fourth-order valence-corrected chi connectivity index (χ4v) is 2.30. The fraction of sp³-hybridized carbons (Fsp3) is 0.750. The molecule has 7 heteroatoms. The van der Waals surface area contributed by atoms with Gasteiger partial charge in [0, 0.05) is 26.2 Å². The smallest absolute Gasteiger partial charge is 0.342 e. The highest BCUT2D eigenvalue weighted by Crippen LogP contribution is 2.47. The van der Waals surface area contributed by atoms with E-state index in [-0.39, 0.29) is 12.0 Å². The van der Waals surface area contributed by atoms with Crippen molar-refractivity contribution >= 4 is 5.97 Å². The maximum atomic E-state index is 12.0. The average molecular weight is 276 g/mol. The minimum atomic E-state index is -1.75. The van der Waals surface area contributed by atoms with Crippen LogP contribution in [-0.4, -0.2) is 44.3 Å². The van der Waals surface area contributed by atoms with Crippen LogP contribution in [-0.2, 0) is 28.6 Å². The van der Waals surface area contributed by atoms with Crippen molar-refractivity contribution in [3.8, 4) is 0 Å². The molecular formula is C12H20O7. The van der Waals surface area contributed by atoms with Gasteiger partial charge in [-0.1, -0.05) is 13.8 Å². The summed E-state index contributed by atoms with van der Waals surface area (Å²) in [5, 5.41) is 9.19. The summed E-state index contributed by atoms with van der Waals surface area (Å²) >= 11 is 0. The molecule has 110 valence electrons. The molecule has 0 radical (unpaired) electrons. The van der Waals surface area contributed by atoms with Gasteiger partial charge in [-0.2, -0.15) is 4.89 Å². The third-order valence-electron chi connectivity index (χ3n) is 3.26. The van der Waals surface area contributed by atoms with E-state index in [1.807, 2.05) is 0 Å². The number of hydrogen-bond donors (Lipinski definition) is 1. The van der Waals surface area contributed by atoms with Crippen molar-refractivity contribution in [3.05, 3.63) is 11.1 Å². The molecule has 1 N–H and O–H groups in total. The third kappa shape index (κ3) is 2.28. The molecule has 1 heterocycles. The first-order chi connectivity index (χ1) is 9.00. The van der Waals surface area contributed by atoms with Gasteiger partial charge in [-0.25, -0.2) is 10.1 Å². The van der Waals surface area contributed by atoms with Crippen molar-refractivity contribution in [2.45, 2.75) is 38.4 Å². The van der Waals surface area contributed by atoms with E-state index < -0.39 is 17.7 Å². The van der Waals surface area contributed by atoms with E-state index in [1.165, 1.54) is 21.3 Å². The quantitative estimate of drug-likeness (QED) is 0.340. The molecule has 1 aliphatic heterocycles. The summed E-state index contributed by atoms with van der Waals surface area (Å²) in [5.41, 5.74) is 0.478. The van der Waals surface area contributed by atoms with Crippen molar-refractivity contribution in [3.63, 3.8) is 0 Å². The van der Waals surface area contributed by atoms with Crippen LogP contribution in [0.2, 0.25) is 0 Å². The van der Waals surface area contributed by atoms with Gasteiger partial charge < -0.3 is 14.2 Å². The standard InChI is InChI=1S/C12H20O7/c1-6-8-9(10(13)15-3)12(16-4,17-5)18-11(8,7-2)19-14/h14H,6-7H2,1-5H3/t11-/m1/s1. The Labute approximate surface area is 112 Å². The largest absolute Gasteiger partial charge is 0.465 e. The van der Waals surface area contributed by atoms with Crippen molar-refractivity contribution in [2.24, 2.45) is 0 Å². The van der Waals surface area contributed by atoms with Crippen LogP contribution in [0.5, 0.6) is 0 Å². The molecule has 19 heavy (non-hydrogen) atoms. The maximum Gasteiger partial charge on any atom is 0.342 e. The summed E-state index contributed by atoms with van der Waals surface area (Å²) in [6.45, 7) is 3.54. The molecule has 1 rings (SSSR count). The van der Waals surface area contributed by atoms with Gasteiger partial charge in [0.05, 0.1) is 7.11 Å². The van der Waals surface area contributed by atoms with Gasteiger partial charge in [0.25, 0.3) is 0 Å². The lowest BCUT2D eigenvalue weighted by molar-refractivity contribution is -0.456. The number of methoxy groups -OCH3 is 3. The van der Waals surface area contributed by atoms with Crippen LogP contribution in [0.15, 0.2) is 11.1 Å². The SMILES string of the molecule is CCC1=C(C(=O)OC)C(OC)(OC)O[C@]1(CC)OO. The molecule has 1 atom stereocenters. The Hall–Kier alpha value is -0.990. The predicted octanol–water partition coefficient (Wildman–Crippen LogP) is 1.44. The first-order valence-electron chi connectivity index (χ1n) is 5.96. The lowest BCUT2D eigenvalue weighted by Gasteiger charge is -2.31. The molecule has 1 aliphatic rings. The van der Waals surface area contributed by atoms with Gasteiger partial charge in [-0.15, -0.1) is 0 Å². The highest BCUT2D eigenvalue weighted by molar-refractivity contribution is 5.91. The second-order valence-electron chi connectivity index (χ2n) is 3.96. The highest BCUT2D eigenvalue weighted by Gasteiger charge is 2.59. The van der Waals surface area contributed by atoms with Crippen LogP contribution < -0.4 is 0 Å². The molecule has 0 aliphatic carbocycles. The van der Waals surface area contributed by atoms with E-state index in [0.717, 1.165) is 0 Å². The van der Waals surface area contributed by atoms with Crippen LogP contribution in [0.3, 0.4) is 0 Å². The normalized spacial score (nSPS) is 25.8. The number of hydrogen-bond acceptors (Lipinski definition) is 7. The van der Waals surface area contributed by atoms with Crippen molar-refractivity contribution in [1.29, 1.82) is 0 Å². The summed E-state index contributed by atoms with van der Waals surface area (Å²) in [6.07, 6.45) is 0.662. The molecule has 0 saturated carbocycles. The first-order valence-corrected chi connectivity index (χ1v) is 5.96. The summed E-state index contributed by atoms with van der Waals surface area (Å²) < 4.78 is 20.7. The Kier molecular flexibility index (Phi) is 5.05. The van der Waals surface area contributed by atoms with E-state index in [0.29, 0.717) is 12.0 Å². The molecule has 0 aromatic rings. The zero-order chi connectivity index (χ0) is 14.7. The van der Waals surface area contributed by atoms with Gasteiger partial charge >= 0.3 is 11.9 Å². The Morgan fingerprint density at radius 2 is 1.84 bits per heavy atom. The van der Waals surface area contributed by atoms with Crippen LogP contribution in [0, 0.1) is 0 Å². The van der Waals surface area contributed by atoms with Gasteiger partial charge in [0.15, 0.2) is 0 Å². The zero-order valence-corrected chi connectivity index (χ0v) is 11.8. The molecule has 0 unspecified atom stereocenters. The van der Waals surface area contributed by atoms with Gasteiger partial charge in [-0.05, 0) is 6.42 Å². The molecule has 0 aromatic heterocycles. The van der Waals surface area contributed by atoms with Crippen LogP contribution in [0.25, 0.3) is 0 Å². The molecule has 0 spiro atoms. The van der Waals surface area contributed by atoms with Crippen LogP contribution >= 0.6 is 0 Å². The second-order valence-corrected chi connectivity index (χ2v) is 3.96. The van der Waals surface area contributed by atoms with E-state index in [1.54, 1.807) is 13.8 Å². The Bertz CT molecular complexity index is 366. The minimum Gasteiger partial charge on any atom is -0.465 e. The van der Waals surface area contributed by atoms with Crippen molar-refractivity contribution < 1.29 is 33.9 Å². The summed E-state index contributed by atoms with van der Waals surface area (Å²) in [6, 6.07) is 0. The van der Waals surface area contributed by atoms with Gasteiger partial charge in [0.2, 0.25) is 5.79 Å². The fourth-order valence-electron chi connectivity index (χ4n) is 2.30. The van der Waals surface area contributed by atoms with E-state index in [4.69, 9.17) is 18.9 Å². The Morgan fingerprint density at radius 1 is 1.26 bits per heavy atom. The molecular weight excluding hydrogens is 256 g/mol. The number of ether oxygens (including phenoxy) is 4. The summed E-state index contributed by atoms with van der Waals surface area (Å²) in [4.78, 5) is 16.5. The van der Waals surface area contributed by atoms with Crippen LogP contribution in [0.1, 0.15) is 26.7 Å². The Morgan fingerprint density at radius 3 is 2.16 bits per heavy atom. The van der Waals surface area contributed by atoms with E-state index in [9.17, 15) is 10.1 Å². The van der Waals surface area contributed by atoms with Gasteiger partial charge in [-0.3, -0.25) is 4.74 Å². The second kappa shape index (κ2) is 5.98. The van der Waals surface area contributed by atoms with Crippen molar-refractivity contribution in [1.82, 2.24) is 0 Å². The molecule has 0 bridgehead atoms. The molecule has 0 aromatic carbocycles. The molecule has 0 fully saturated rings. The average Bonchev–Trinajstić information content (AvgIpc) is 2.77. The lowest BCUT2D eigenvalue weighted by atomic mass is 9.97. The highest BCUT2D eigenvalue weighted by atomic mass is 17.2. The van der Waals surface area contributed by atoms with Crippen molar-refractivity contribution in [2.75, 3.05) is 21.3 Å². The number of esters is 1. The number of carbonyl (C=O) groups excluding carboxylic acids is 1. The van der Waals surface area contributed by atoms with Crippen LogP contribution in [0.4, 0.5) is 0 Å². The molecule has 0 saturated heterocycles. The topological polar surface area (TPSA) is 83.5 Å². The predicted molar refractivity (Wildman–Crippen MR) is 63.9 cm³/mol. The third-order valence-corrected chi connectivity index (χ3v) is 3.26. The summed E-state index contributed by atoms with van der Waals surface area (Å²) in [5.74, 6) is -3.89. The van der Waals surface area contributed by atoms with E-state index >= 15 is 0 Å².